The molecule has 0 saturated carbocycles. The highest BCUT2D eigenvalue weighted by molar-refractivity contribution is 7.98. The van der Waals surface area contributed by atoms with E-state index in [1.807, 2.05) is 36.7 Å². The van der Waals surface area contributed by atoms with Crippen LogP contribution in [-0.2, 0) is 12.8 Å². The number of benzene rings is 2. The minimum Gasteiger partial charge on any atom is -0.483 e. The molecule has 0 aliphatic carbocycles. The second-order valence-electron chi connectivity index (χ2n) is 6.19. The summed E-state index contributed by atoms with van der Waals surface area (Å²) in [7, 11) is 1.99. The van der Waals surface area contributed by atoms with Crippen LogP contribution in [0.5, 0.6) is 5.75 Å². The van der Waals surface area contributed by atoms with Crippen LogP contribution in [0.1, 0.15) is 35.5 Å². The zero-order chi connectivity index (χ0) is 17.8. The molecular weight excluding hydrogens is 330 g/mol. The topological polar surface area (TPSA) is 39.9 Å². The van der Waals surface area contributed by atoms with Crippen LogP contribution in [0.15, 0.2) is 53.7 Å². The molecule has 1 aromatic heterocycles. The number of thioether (sulfide) groups is 1. The number of ether oxygens (including phenoxy) is 1. The summed E-state index contributed by atoms with van der Waals surface area (Å²) in [6.07, 6.45) is -0.160. The van der Waals surface area contributed by atoms with Gasteiger partial charge in [-0.15, -0.1) is 10.2 Å². The third-order valence-corrected chi connectivity index (χ3v) is 5.22. The van der Waals surface area contributed by atoms with Gasteiger partial charge in [0.15, 0.2) is 17.1 Å². The number of nitrogens with zero attached hydrogens (tertiary/aromatic N) is 3. The normalized spacial score (nSPS) is 12.2. The van der Waals surface area contributed by atoms with Gasteiger partial charge in [0.05, 0.1) is 0 Å². The minimum atomic E-state index is -0.160. The third kappa shape index (κ3) is 4.23. The summed E-state index contributed by atoms with van der Waals surface area (Å²) in [5, 5.41) is 9.57. The molecule has 0 saturated heterocycles. The van der Waals surface area contributed by atoms with Crippen molar-refractivity contribution in [2.45, 2.75) is 37.8 Å². The molecule has 3 rings (SSSR count). The Labute approximate surface area is 153 Å². The van der Waals surface area contributed by atoms with E-state index in [9.17, 15) is 0 Å². The molecule has 4 nitrogen and oxygen atoms in total. The molecule has 0 N–H and O–H groups in total. The maximum absolute atomic E-state index is 6.02. The summed E-state index contributed by atoms with van der Waals surface area (Å²) < 4.78 is 8.04. The van der Waals surface area contributed by atoms with Gasteiger partial charge in [-0.2, -0.15) is 0 Å². The van der Waals surface area contributed by atoms with Gasteiger partial charge in [0.2, 0.25) is 0 Å². The van der Waals surface area contributed by atoms with Crippen LogP contribution in [0.3, 0.4) is 0 Å². The van der Waals surface area contributed by atoms with E-state index in [0.717, 1.165) is 22.5 Å². The molecule has 0 fully saturated rings. The van der Waals surface area contributed by atoms with Crippen molar-refractivity contribution in [2.75, 3.05) is 0 Å². The summed E-state index contributed by atoms with van der Waals surface area (Å²) in [6.45, 7) is 6.19. The van der Waals surface area contributed by atoms with Gasteiger partial charge in [-0.25, -0.2) is 0 Å². The lowest BCUT2D eigenvalue weighted by Gasteiger charge is -2.14. The molecular formula is C20H23N3OS. The maximum Gasteiger partial charge on any atom is 0.191 e. The van der Waals surface area contributed by atoms with Crippen LogP contribution in [0.4, 0.5) is 0 Å². The van der Waals surface area contributed by atoms with Gasteiger partial charge in [0.25, 0.3) is 0 Å². The first-order chi connectivity index (χ1) is 12.0. The Hall–Kier alpha value is -2.27. The van der Waals surface area contributed by atoms with Crippen LogP contribution >= 0.6 is 11.8 Å². The van der Waals surface area contributed by atoms with E-state index in [1.54, 1.807) is 11.8 Å². The fraction of sp³-hybridized carbons (Fsp3) is 0.300. The van der Waals surface area contributed by atoms with Crippen molar-refractivity contribution in [3.05, 3.63) is 71.0 Å². The van der Waals surface area contributed by atoms with Crippen LogP contribution < -0.4 is 4.74 Å². The predicted octanol–water partition coefficient (Wildman–Crippen LogP) is 4.86. The number of hydrogen-bond acceptors (Lipinski definition) is 4. The second kappa shape index (κ2) is 7.74. The number of rotatable bonds is 6. The second-order valence-corrected chi connectivity index (χ2v) is 7.13. The van der Waals surface area contributed by atoms with Crippen molar-refractivity contribution < 1.29 is 4.74 Å². The van der Waals surface area contributed by atoms with Crippen molar-refractivity contribution in [1.29, 1.82) is 0 Å². The van der Waals surface area contributed by atoms with E-state index in [4.69, 9.17) is 4.74 Å². The Morgan fingerprint density at radius 1 is 1.08 bits per heavy atom. The van der Waals surface area contributed by atoms with Crippen LogP contribution in [0.2, 0.25) is 0 Å². The summed E-state index contributed by atoms with van der Waals surface area (Å²) in [4.78, 5) is 0. The molecule has 0 aliphatic heterocycles. The van der Waals surface area contributed by atoms with E-state index in [-0.39, 0.29) is 6.10 Å². The van der Waals surface area contributed by atoms with Gasteiger partial charge >= 0.3 is 0 Å². The standard InChI is InChI=1S/C20H23N3OS/c1-14-8-7-11-18(12-14)24-16(3)19-21-22-20(23(19)4)25-13-17-10-6-5-9-15(17)2/h5-12,16H,13H2,1-4H3/t16-/m1/s1. The average Bonchev–Trinajstić information content (AvgIpc) is 2.95. The Kier molecular flexibility index (Phi) is 5.43. The summed E-state index contributed by atoms with van der Waals surface area (Å²) >= 11 is 1.70. The van der Waals surface area contributed by atoms with Crippen LogP contribution in [0, 0.1) is 13.8 Å². The number of aromatic nitrogens is 3. The van der Waals surface area contributed by atoms with Gasteiger partial charge in [-0.1, -0.05) is 48.2 Å². The Morgan fingerprint density at radius 3 is 2.64 bits per heavy atom. The van der Waals surface area contributed by atoms with Crippen molar-refractivity contribution >= 4 is 11.8 Å². The van der Waals surface area contributed by atoms with Gasteiger partial charge < -0.3 is 9.30 Å². The zero-order valence-corrected chi connectivity index (χ0v) is 15.9. The first-order valence-corrected chi connectivity index (χ1v) is 9.33. The maximum atomic E-state index is 6.02. The molecule has 0 amide bonds. The molecule has 130 valence electrons. The van der Waals surface area contributed by atoms with E-state index in [2.05, 4.69) is 54.4 Å². The minimum absolute atomic E-state index is 0.160. The van der Waals surface area contributed by atoms with Gasteiger partial charge in [-0.05, 0) is 49.6 Å². The van der Waals surface area contributed by atoms with E-state index in [0.29, 0.717) is 0 Å². The largest absolute Gasteiger partial charge is 0.483 e. The van der Waals surface area contributed by atoms with E-state index in [1.165, 1.54) is 16.7 Å². The Balaban J connectivity index is 1.69. The lowest BCUT2D eigenvalue weighted by atomic mass is 10.1. The van der Waals surface area contributed by atoms with Crippen LogP contribution in [0.25, 0.3) is 0 Å². The van der Waals surface area contributed by atoms with E-state index >= 15 is 0 Å². The van der Waals surface area contributed by atoms with Gasteiger partial charge in [-0.3, -0.25) is 0 Å². The summed E-state index contributed by atoms with van der Waals surface area (Å²) in [6, 6.07) is 16.5. The average molecular weight is 353 g/mol. The predicted molar refractivity (Wildman–Crippen MR) is 102 cm³/mol. The highest BCUT2D eigenvalue weighted by Crippen LogP contribution is 2.26. The molecule has 0 radical (unpaired) electrons. The number of hydrogen-bond donors (Lipinski definition) is 0. The third-order valence-electron chi connectivity index (χ3n) is 4.15. The molecule has 0 aliphatic rings. The van der Waals surface area contributed by atoms with Crippen molar-refractivity contribution in [3.63, 3.8) is 0 Å². The molecule has 1 heterocycles. The molecule has 25 heavy (non-hydrogen) atoms. The fourth-order valence-corrected chi connectivity index (χ4v) is 3.66. The number of aryl methyl sites for hydroxylation is 2. The SMILES string of the molecule is Cc1cccc(O[C@H](C)c2nnc(SCc3ccccc3C)n2C)c1. The molecule has 1 atom stereocenters. The summed E-state index contributed by atoms with van der Waals surface area (Å²) in [5.41, 5.74) is 3.80. The smallest absolute Gasteiger partial charge is 0.191 e. The van der Waals surface area contributed by atoms with Crippen molar-refractivity contribution in [3.8, 4) is 5.75 Å². The first-order valence-electron chi connectivity index (χ1n) is 8.34. The lowest BCUT2D eigenvalue weighted by Crippen LogP contribution is -2.10. The molecule has 2 aromatic carbocycles. The highest BCUT2D eigenvalue weighted by atomic mass is 32.2. The fourth-order valence-electron chi connectivity index (χ4n) is 2.67. The highest BCUT2D eigenvalue weighted by Gasteiger charge is 2.17. The molecule has 0 spiro atoms. The molecule has 5 heteroatoms. The lowest BCUT2D eigenvalue weighted by molar-refractivity contribution is 0.211. The monoisotopic (exact) mass is 353 g/mol. The molecule has 0 unspecified atom stereocenters. The molecule has 3 aromatic rings. The Morgan fingerprint density at radius 2 is 1.88 bits per heavy atom. The van der Waals surface area contributed by atoms with E-state index < -0.39 is 0 Å². The van der Waals surface area contributed by atoms with Gasteiger partial charge in [0.1, 0.15) is 5.75 Å². The van der Waals surface area contributed by atoms with Gasteiger partial charge in [0, 0.05) is 12.8 Å². The first kappa shape index (κ1) is 17.5. The van der Waals surface area contributed by atoms with Crippen molar-refractivity contribution in [2.24, 2.45) is 7.05 Å². The summed E-state index contributed by atoms with van der Waals surface area (Å²) in [5.74, 6) is 2.56. The quantitative estimate of drug-likeness (QED) is 0.593. The zero-order valence-electron chi connectivity index (χ0n) is 15.1. The molecule has 0 bridgehead atoms. The van der Waals surface area contributed by atoms with Crippen LogP contribution in [-0.4, -0.2) is 14.8 Å². The van der Waals surface area contributed by atoms with Crippen molar-refractivity contribution in [1.82, 2.24) is 14.8 Å². The Bertz CT molecular complexity index is 860.